The van der Waals surface area contributed by atoms with E-state index in [2.05, 4.69) is 15.2 Å². The molecule has 3 aliphatic rings. The van der Waals surface area contributed by atoms with Crippen molar-refractivity contribution in [2.24, 2.45) is 5.92 Å². The largest absolute Gasteiger partial charge is 0.379 e. The summed E-state index contributed by atoms with van der Waals surface area (Å²) in [5.74, 6) is 2.22. The van der Waals surface area contributed by atoms with E-state index in [4.69, 9.17) is 9.72 Å². The van der Waals surface area contributed by atoms with Gasteiger partial charge >= 0.3 is 5.69 Å². The Morgan fingerprint density at radius 2 is 2.09 bits per heavy atom. The fourth-order valence-electron chi connectivity index (χ4n) is 5.07. The Morgan fingerprint density at radius 3 is 2.74 bits per heavy atom. The third-order valence-electron chi connectivity index (χ3n) is 7.10. The first-order valence-corrected chi connectivity index (χ1v) is 13.4. The van der Waals surface area contributed by atoms with Crippen molar-refractivity contribution in [3.63, 3.8) is 0 Å². The highest BCUT2D eigenvalue weighted by Crippen LogP contribution is 2.40. The zero-order valence-corrected chi connectivity index (χ0v) is 20.7. The van der Waals surface area contributed by atoms with Crippen LogP contribution in [0.25, 0.3) is 11.0 Å². The fourth-order valence-corrected chi connectivity index (χ4v) is 6.55. The molecular weight excluding hydrogens is 454 g/mol. The SMILES string of the molecule is CC(C)Cn1c(=O)[nH]c(=O)c2c(C(=O)NCC3(N4CCOCC4)CCSC3)cc(C3CC3)nc21. The summed E-state index contributed by atoms with van der Waals surface area (Å²) < 4.78 is 7.05. The Morgan fingerprint density at radius 1 is 1.32 bits per heavy atom. The Hall–Kier alpha value is -2.17. The van der Waals surface area contributed by atoms with Crippen LogP contribution >= 0.6 is 11.8 Å². The third kappa shape index (κ3) is 4.55. The highest BCUT2D eigenvalue weighted by atomic mass is 32.2. The van der Waals surface area contributed by atoms with Crippen LogP contribution in [0.15, 0.2) is 15.7 Å². The number of H-pyrrole nitrogens is 1. The standard InChI is InChI=1S/C24H33N5O4S/c1-15(2)12-29-20-19(22(31)27-23(29)32)17(11-18(26-20)16-3-4-16)21(30)25-13-24(5-10-34-14-24)28-6-8-33-9-7-28/h11,15-16H,3-10,12-14H2,1-2H3,(H,25,30)(H,27,31,32). The molecule has 2 saturated heterocycles. The summed E-state index contributed by atoms with van der Waals surface area (Å²) in [6.07, 6.45) is 3.03. The molecule has 2 aromatic heterocycles. The van der Waals surface area contributed by atoms with Crippen LogP contribution in [0.1, 0.15) is 55.1 Å². The van der Waals surface area contributed by atoms with E-state index in [0.29, 0.717) is 37.5 Å². The van der Waals surface area contributed by atoms with Gasteiger partial charge in [0.1, 0.15) is 0 Å². The lowest BCUT2D eigenvalue weighted by molar-refractivity contribution is -0.0129. The first kappa shape index (κ1) is 23.6. The number of hydrogen-bond donors (Lipinski definition) is 2. The smallest absolute Gasteiger partial charge is 0.330 e. The minimum atomic E-state index is -0.556. The first-order chi connectivity index (χ1) is 16.4. The maximum absolute atomic E-state index is 13.6. The van der Waals surface area contributed by atoms with E-state index in [1.807, 2.05) is 25.6 Å². The van der Waals surface area contributed by atoms with Gasteiger partial charge in [-0.3, -0.25) is 24.0 Å². The van der Waals surface area contributed by atoms with Gasteiger partial charge in [0.25, 0.3) is 11.5 Å². The van der Waals surface area contributed by atoms with E-state index in [1.165, 1.54) is 4.57 Å². The van der Waals surface area contributed by atoms with E-state index in [0.717, 1.165) is 49.6 Å². The first-order valence-electron chi connectivity index (χ1n) is 12.2. The fraction of sp³-hybridized carbons (Fsp3) is 0.667. The number of nitrogens with zero attached hydrogens (tertiary/aromatic N) is 3. The molecule has 184 valence electrons. The monoisotopic (exact) mass is 487 g/mol. The van der Waals surface area contributed by atoms with Crippen molar-refractivity contribution in [2.75, 3.05) is 44.4 Å². The molecule has 1 atom stereocenters. The summed E-state index contributed by atoms with van der Waals surface area (Å²) in [5, 5.41) is 3.35. The summed E-state index contributed by atoms with van der Waals surface area (Å²) in [7, 11) is 0. The molecule has 9 nitrogen and oxygen atoms in total. The van der Waals surface area contributed by atoms with Gasteiger partial charge in [-0.25, -0.2) is 9.78 Å². The van der Waals surface area contributed by atoms with Gasteiger partial charge in [0.15, 0.2) is 5.65 Å². The predicted octanol–water partition coefficient (Wildman–Crippen LogP) is 1.56. The quantitative estimate of drug-likeness (QED) is 0.610. The van der Waals surface area contributed by atoms with Gasteiger partial charge < -0.3 is 10.1 Å². The number of carbonyl (C=O) groups excluding carboxylic acids is 1. The zero-order valence-electron chi connectivity index (χ0n) is 19.9. The van der Waals surface area contributed by atoms with Crippen molar-refractivity contribution in [2.45, 2.75) is 51.1 Å². The summed E-state index contributed by atoms with van der Waals surface area (Å²) in [4.78, 5) is 48.7. The van der Waals surface area contributed by atoms with Crippen LogP contribution in [-0.2, 0) is 11.3 Å². The highest BCUT2D eigenvalue weighted by molar-refractivity contribution is 7.99. The summed E-state index contributed by atoms with van der Waals surface area (Å²) in [5.41, 5.74) is 0.286. The maximum Gasteiger partial charge on any atom is 0.330 e. The number of rotatable bonds is 7. The number of thioether (sulfide) groups is 1. The molecule has 1 aliphatic carbocycles. The molecule has 10 heteroatoms. The van der Waals surface area contributed by atoms with Crippen molar-refractivity contribution in [1.29, 1.82) is 0 Å². The predicted molar refractivity (Wildman–Crippen MR) is 133 cm³/mol. The lowest BCUT2D eigenvalue weighted by Gasteiger charge is -2.43. The molecule has 2 N–H and O–H groups in total. The number of fused-ring (bicyclic) bond motifs is 1. The second kappa shape index (κ2) is 9.47. The molecule has 0 radical (unpaired) electrons. The molecule has 1 amide bonds. The summed E-state index contributed by atoms with van der Waals surface area (Å²) in [6.45, 7) is 8.10. The molecule has 5 rings (SSSR count). The second-order valence-electron chi connectivity index (χ2n) is 10.1. The lowest BCUT2D eigenvalue weighted by Crippen LogP contribution is -2.59. The average Bonchev–Trinajstić information content (AvgIpc) is 3.57. The Balaban J connectivity index is 1.51. The highest BCUT2D eigenvalue weighted by Gasteiger charge is 2.41. The van der Waals surface area contributed by atoms with Gasteiger partial charge in [-0.2, -0.15) is 11.8 Å². The maximum atomic E-state index is 13.6. The van der Waals surface area contributed by atoms with Gasteiger partial charge in [0.05, 0.1) is 24.2 Å². The van der Waals surface area contributed by atoms with E-state index < -0.39 is 11.2 Å². The number of aromatic amines is 1. The minimum Gasteiger partial charge on any atom is -0.379 e. The van der Waals surface area contributed by atoms with Crippen LogP contribution in [0, 0.1) is 5.92 Å². The van der Waals surface area contributed by atoms with Crippen LogP contribution < -0.4 is 16.6 Å². The van der Waals surface area contributed by atoms with Crippen molar-refractivity contribution >= 4 is 28.7 Å². The van der Waals surface area contributed by atoms with Gasteiger partial charge in [-0.15, -0.1) is 0 Å². The van der Waals surface area contributed by atoms with Gasteiger partial charge in [0, 0.05) is 49.1 Å². The average molecular weight is 488 g/mol. The van der Waals surface area contributed by atoms with Crippen molar-refractivity contribution in [3.05, 3.63) is 38.2 Å². The molecule has 1 unspecified atom stereocenters. The normalized spacial score (nSPS) is 23.6. The molecule has 0 aromatic carbocycles. The molecule has 2 aliphatic heterocycles. The lowest BCUT2D eigenvalue weighted by atomic mass is 9.95. The van der Waals surface area contributed by atoms with Crippen molar-refractivity contribution < 1.29 is 9.53 Å². The molecule has 2 aromatic rings. The summed E-state index contributed by atoms with van der Waals surface area (Å²) >= 11 is 1.91. The zero-order chi connectivity index (χ0) is 23.9. The molecule has 4 heterocycles. The van der Waals surface area contributed by atoms with Gasteiger partial charge in [0.2, 0.25) is 0 Å². The number of nitrogens with one attached hydrogen (secondary N) is 2. The van der Waals surface area contributed by atoms with Gasteiger partial charge in [-0.1, -0.05) is 13.8 Å². The van der Waals surface area contributed by atoms with Crippen LogP contribution in [-0.4, -0.2) is 75.2 Å². The van der Waals surface area contributed by atoms with E-state index >= 15 is 0 Å². The summed E-state index contributed by atoms with van der Waals surface area (Å²) in [6, 6.07) is 1.76. The number of aromatic nitrogens is 3. The van der Waals surface area contributed by atoms with Crippen molar-refractivity contribution in [1.82, 2.24) is 24.8 Å². The van der Waals surface area contributed by atoms with E-state index in [-0.39, 0.29) is 28.7 Å². The number of ether oxygens (including phenoxy) is 1. The van der Waals surface area contributed by atoms with E-state index in [1.54, 1.807) is 6.07 Å². The third-order valence-corrected chi connectivity index (χ3v) is 8.33. The van der Waals surface area contributed by atoms with Crippen LogP contribution in [0.2, 0.25) is 0 Å². The molecule has 0 bridgehead atoms. The molecule has 34 heavy (non-hydrogen) atoms. The Bertz CT molecular complexity index is 1190. The molecule has 1 saturated carbocycles. The number of carbonyl (C=O) groups is 1. The number of amides is 1. The topological polar surface area (TPSA) is 109 Å². The van der Waals surface area contributed by atoms with Crippen molar-refractivity contribution in [3.8, 4) is 0 Å². The van der Waals surface area contributed by atoms with Gasteiger partial charge in [-0.05, 0) is 37.0 Å². The number of pyridine rings is 1. The van der Waals surface area contributed by atoms with Crippen LogP contribution in [0.5, 0.6) is 0 Å². The Labute approximate surface area is 202 Å². The van der Waals surface area contributed by atoms with Crippen LogP contribution in [0.3, 0.4) is 0 Å². The number of morpholine rings is 1. The molecule has 3 fully saturated rings. The second-order valence-corrected chi connectivity index (χ2v) is 11.2. The van der Waals surface area contributed by atoms with Crippen LogP contribution in [0.4, 0.5) is 0 Å². The molecule has 0 spiro atoms. The molecular formula is C24H33N5O4S. The minimum absolute atomic E-state index is 0.0988. The number of hydrogen-bond acceptors (Lipinski definition) is 7. The Kier molecular flexibility index (Phi) is 6.56. The van der Waals surface area contributed by atoms with E-state index in [9.17, 15) is 14.4 Å².